The lowest BCUT2D eigenvalue weighted by Gasteiger charge is -2.31. The van der Waals surface area contributed by atoms with Crippen molar-refractivity contribution in [3.8, 4) is 11.4 Å². The van der Waals surface area contributed by atoms with Crippen molar-refractivity contribution in [2.24, 2.45) is 0 Å². The van der Waals surface area contributed by atoms with Crippen LogP contribution in [0.1, 0.15) is 32.0 Å². The van der Waals surface area contributed by atoms with Gasteiger partial charge in [-0.2, -0.15) is 0 Å². The van der Waals surface area contributed by atoms with Crippen molar-refractivity contribution in [1.29, 1.82) is 0 Å². The SMILES string of the molecule is Cc1cc(=O)oc2cc(OCc3cn(-c4ccc5c6c(cccc46)C(=O)N(CCN4CCOCC4)C5=O)nn3)ccc12. The molecule has 11 heteroatoms. The quantitative estimate of drug-likeness (QED) is 0.216. The molecule has 7 rings (SSSR count). The molecule has 0 atom stereocenters. The molecule has 2 aliphatic heterocycles. The third-order valence-corrected chi connectivity index (χ3v) is 7.81. The van der Waals surface area contributed by atoms with Crippen LogP contribution in [0.3, 0.4) is 0 Å². The average molecular weight is 566 g/mol. The van der Waals surface area contributed by atoms with Gasteiger partial charge in [0.15, 0.2) is 0 Å². The number of aryl methyl sites for hydroxylation is 1. The monoisotopic (exact) mass is 565 g/mol. The van der Waals surface area contributed by atoms with E-state index in [0.29, 0.717) is 65.5 Å². The topological polar surface area (TPSA) is 120 Å². The molecule has 0 spiro atoms. The van der Waals surface area contributed by atoms with Crippen LogP contribution in [0.2, 0.25) is 0 Å². The summed E-state index contributed by atoms with van der Waals surface area (Å²) in [6, 6.07) is 15.8. The van der Waals surface area contributed by atoms with E-state index in [1.54, 1.807) is 29.1 Å². The van der Waals surface area contributed by atoms with Crippen LogP contribution in [-0.4, -0.2) is 76.0 Å². The van der Waals surface area contributed by atoms with Crippen molar-refractivity contribution in [3.05, 3.63) is 93.6 Å². The molecule has 0 unspecified atom stereocenters. The van der Waals surface area contributed by atoms with E-state index in [2.05, 4.69) is 15.2 Å². The Balaban J connectivity index is 1.13. The Bertz CT molecular complexity index is 1900. The molecule has 0 bridgehead atoms. The van der Waals surface area contributed by atoms with Gasteiger partial charge in [0.05, 0.1) is 25.1 Å². The number of carbonyl (C=O) groups is 2. The summed E-state index contributed by atoms with van der Waals surface area (Å²) in [6.45, 7) is 5.82. The average Bonchev–Trinajstić information content (AvgIpc) is 3.47. The van der Waals surface area contributed by atoms with Gasteiger partial charge in [-0.25, -0.2) is 9.48 Å². The molecule has 1 saturated heterocycles. The Hall–Kier alpha value is -4.87. The van der Waals surface area contributed by atoms with E-state index in [1.165, 1.54) is 11.0 Å². The second kappa shape index (κ2) is 10.5. The smallest absolute Gasteiger partial charge is 0.336 e. The predicted molar refractivity (Wildman–Crippen MR) is 153 cm³/mol. The van der Waals surface area contributed by atoms with Crippen LogP contribution in [0.15, 0.2) is 70.0 Å². The fourth-order valence-corrected chi connectivity index (χ4v) is 5.63. The van der Waals surface area contributed by atoms with E-state index in [-0.39, 0.29) is 18.4 Å². The standard InChI is InChI=1S/C31H27N5O6/c1-19-15-28(37)42-27-16-21(5-6-22(19)27)41-18-20-17-36(33-32-20)26-8-7-25-29-23(26)3-2-4-24(29)30(38)35(31(25)39)10-9-34-11-13-40-14-12-34/h2-8,15-17H,9-14,18H2,1H3. The number of rotatable bonds is 7. The van der Waals surface area contributed by atoms with Crippen LogP contribution < -0.4 is 10.4 Å². The fraction of sp³-hybridized carbons (Fsp3) is 0.258. The molecule has 2 aromatic heterocycles. The number of nitrogens with zero attached hydrogens (tertiary/aromatic N) is 5. The molecule has 2 amide bonds. The number of hydrogen-bond donors (Lipinski definition) is 0. The summed E-state index contributed by atoms with van der Waals surface area (Å²) in [4.78, 5) is 42.2. The number of morpholine rings is 1. The minimum absolute atomic E-state index is 0.137. The van der Waals surface area contributed by atoms with Crippen LogP contribution >= 0.6 is 0 Å². The van der Waals surface area contributed by atoms with Crippen molar-refractivity contribution >= 4 is 33.6 Å². The molecular weight excluding hydrogens is 538 g/mol. The van der Waals surface area contributed by atoms with Crippen molar-refractivity contribution in [2.45, 2.75) is 13.5 Å². The van der Waals surface area contributed by atoms with E-state index in [4.69, 9.17) is 13.9 Å². The molecule has 42 heavy (non-hydrogen) atoms. The van der Waals surface area contributed by atoms with E-state index in [0.717, 1.165) is 29.4 Å². The van der Waals surface area contributed by atoms with Crippen LogP contribution in [0.25, 0.3) is 27.4 Å². The first kappa shape index (κ1) is 26.1. The number of hydrogen-bond acceptors (Lipinski definition) is 9. The second-order valence-corrected chi connectivity index (χ2v) is 10.4. The van der Waals surface area contributed by atoms with E-state index in [9.17, 15) is 14.4 Å². The Labute approximate surface area is 239 Å². The summed E-state index contributed by atoms with van der Waals surface area (Å²) in [5.41, 5.74) is 3.13. The molecule has 4 heterocycles. The van der Waals surface area contributed by atoms with Gasteiger partial charge < -0.3 is 13.9 Å². The van der Waals surface area contributed by atoms with Gasteiger partial charge in [-0.1, -0.05) is 17.3 Å². The molecule has 0 saturated carbocycles. The Morgan fingerprint density at radius 1 is 0.905 bits per heavy atom. The Morgan fingerprint density at radius 3 is 2.55 bits per heavy atom. The number of benzene rings is 3. The minimum Gasteiger partial charge on any atom is -0.487 e. The summed E-state index contributed by atoms with van der Waals surface area (Å²) in [6.07, 6.45) is 1.75. The number of aromatic nitrogens is 3. The zero-order valence-electron chi connectivity index (χ0n) is 22.9. The molecule has 3 aromatic carbocycles. The summed E-state index contributed by atoms with van der Waals surface area (Å²) < 4.78 is 18.2. The van der Waals surface area contributed by atoms with Crippen LogP contribution in [-0.2, 0) is 11.3 Å². The van der Waals surface area contributed by atoms with Gasteiger partial charge in [-0.15, -0.1) is 5.10 Å². The van der Waals surface area contributed by atoms with Gasteiger partial charge in [-0.05, 0) is 42.8 Å². The molecule has 0 radical (unpaired) electrons. The summed E-state index contributed by atoms with van der Waals surface area (Å²) in [7, 11) is 0. The molecule has 212 valence electrons. The molecule has 11 nitrogen and oxygen atoms in total. The van der Waals surface area contributed by atoms with Gasteiger partial charge in [0.1, 0.15) is 23.6 Å². The lowest BCUT2D eigenvalue weighted by Crippen LogP contribution is -2.46. The number of ether oxygens (including phenoxy) is 2. The summed E-state index contributed by atoms with van der Waals surface area (Å²) >= 11 is 0. The van der Waals surface area contributed by atoms with Crippen LogP contribution in [0.4, 0.5) is 0 Å². The Morgan fingerprint density at radius 2 is 1.71 bits per heavy atom. The van der Waals surface area contributed by atoms with Crippen molar-refractivity contribution < 1.29 is 23.5 Å². The third-order valence-electron chi connectivity index (χ3n) is 7.81. The highest BCUT2D eigenvalue weighted by Gasteiger charge is 2.33. The zero-order valence-corrected chi connectivity index (χ0v) is 22.9. The van der Waals surface area contributed by atoms with E-state index in [1.807, 2.05) is 37.3 Å². The fourth-order valence-electron chi connectivity index (χ4n) is 5.63. The molecule has 0 aliphatic carbocycles. The highest BCUT2D eigenvalue weighted by atomic mass is 16.5. The molecule has 5 aromatic rings. The number of carbonyl (C=O) groups excluding carboxylic acids is 2. The van der Waals surface area contributed by atoms with Crippen LogP contribution in [0, 0.1) is 6.92 Å². The highest BCUT2D eigenvalue weighted by Crippen LogP contribution is 2.33. The van der Waals surface area contributed by atoms with E-state index >= 15 is 0 Å². The maximum atomic E-state index is 13.5. The summed E-state index contributed by atoms with van der Waals surface area (Å²) in [5.74, 6) is -0.0576. The maximum Gasteiger partial charge on any atom is 0.336 e. The third kappa shape index (κ3) is 4.62. The van der Waals surface area contributed by atoms with Crippen LogP contribution in [0.5, 0.6) is 5.75 Å². The first-order chi connectivity index (χ1) is 20.5. The first-order valence-electron chi connectivity index (χ1n) is 13.8. The van der Waals surface area contributed by atoms with Gasteiger partial charge in [0, 0.05) is 65.6 Å². The first-order valence-corrected chi connectivity index (χ1v) is 13.8. The van der Waals surface area contributed by atoms with Gasteiger partial charge in [0.2, 0.25) is 0 Å². The van der Waals surface area contributed by atoms with Crippen molar-refractivity contribution in [1.82, 2.24) is 24.8 Å². The predicted octanol–water partition coefficient (Wildman–Crippen LogP) is 3.34. The van der Waals surface area contributed by atoms with Gasteiger partial charge >= 0.3 is 5.63 Å². The van der Waals surface area contributed by atoms with Gasteiger partial charge in [0.25, 0.3) is 11.8 Å². The van der Waals surface area contributed by atoms with E-state index < -0.39 is 5.63 Å². The Kier molecular flexibility index (Phi) is 6.52. The summed E-state index contributed by atoms with van der Waals surface area (Å²) in [5, 5.41) is 10.7. The molecule has 2 aliphatic rings. The minimum atomic E-state index is -0.412. The lowest BCUT2D eigenvalue weighted by molar-refractivity contribution is 0.0316. The number of amides is 2. The molecule has 0 N–H and O–H groups in total. The van der Waals surface area contributed by atoms with Crippen molar-refractivity contribution in [2.75, 3.05) is 39.4 Å². The largest absolute Gasteiger partial charge is 0.487 e. The molecule has 1 fully saturated rings. The number of imide groups is 1. The van der Waals surface area contributed by atoms with Gasteiger partial charge in [-0.3, -0.25) is 19.4 Å². The second-order valence-electron chi connectivity index (χ2n) is 10.4. The number of fused-ring (bicyclic) bond motifs is 1. The zero-order chi connectivity index (χ0) is 28.8. The normalized spacial score (nSPS) is 15.6. The highest BCUT2D eigenvalue weighted by molar-refractivity contribution is 6.26. The maximum absolute atomic E-state index is 13.5. The molecular formula is C31H27N5O6. The lowest BCUT2D eigenvalue weighted by atomic mass is 9.93. The van der Waals surface area contributed by atoms with Crippen molar-refractivity contribution in [3.63, 3.8) is 0 Å².